The van der Waals surface area contributed by atoms with Crippen LogP contribution in [0.1, 0.15) is 32.1 Å². The average Bonchev–Trinajstić information content (AvgIpc) is 2.39. The van der Waals surface area contributed by atoms with Crippen molar-refractivity contribution in [1.29, 1.82) is 0 Å². The standard InChI is InChI=1S/C13H20N2O/c16-11-13(7-3-1-4-8-13)10-15-12-6-2-5-9-14-12/h2,5-6,9,16H,1,3-4,7-8,10-11H2,(H,14,15). The van der Waals surface area contributed by atoms with E-state index in [4.69, 9.17) is 0 Å². The largest absolute Gasteiger partial charge is 0.396 e. The van der Waals surface area contributed by atoms with E-state index in [0.29, 0.717) is 0 Å². The number of aromatic nitrogens is 1. The van der Waals surface area contributed by atoms with E-state index in [1.165, 1.54) is 19.3 Å². The number of pyridine rings is 1. The lowest BCUT2D eigenvalue weighted by atomic mass is 9.74. The fraction of sp³-hybridized carbons (Fsp3) is 0.615. The number of hydrogen-bond acceptors (Lipinski definition) is 3. The predicted molar refractivity (Wildman–Crippen MR) is 65.3 cm³/mol. The molecular weight excluding hydrogens is 200 g/mol. The molecule has 16 heavy (non-hydrogen) atoms. The maximum atomic E-state index is 9.56. The molecule has 0 radical (unpaired) electrons. The lowest BCUT2D eigenvalue weighted by Crippen LogP contribution is -2.35. The zero-order chi connectivity index (χ0) is 11.3. The highest BCUT2D eigenvalue weighted by Crippen LogP contribution is 2.35. The topological polar surface area (TPSA) is 45.1 Å². The Morgan fingerprint density at radius 1 is 1.25 bits per heavy atom. The van der Waals surface area contributed by atoms with Gasteiger partial charge in [0.15, 0.2) is 0 Å². The molecule has 1 aliphatic carbocycles. The van der Waals surface area contributed by atoms with Crippen molar-refractivity contribution in [2.24, 2.45) is 5.41 Å². The number of aliphatic hydroxyl groups is 1. The SMILES string of the molecule is OCC1(CNc2ccccn2)CCCCC1. The van der Waals surface area contributed by atoms with Gasteiger partial charge in [-0.3, -0.25) is 0 Å². The van der Waals surface area contributed by atoms with Crippen molar-refractivity contribution in [3.63, 3.8) is 0 Å². The van der Waals surface area contributed by atoms with Gasteiger partial charge < -0.3 is 10.4 Å². The molecule has 1 heterocycles. The van der Waals surface area contributed by atoms with Crippen molar-refractivity contribution < 1.29 is 5.11 Å². The molecule has 0 amide bonds. The minimum Gasteiger partial charge on any atom is -0.396 e. The summed E-state index contributed by atoms with van der Waals surface area (Å²) in [5, 5.41) is 12.9. The molecule has 0 spiro atoms. The number of hydrogen-bond donors (Lipinski definition) is 2. The van der Waals surface area contributed by atoms with E-state index in [2.05, 4.69) is 10.3 Å². The maximum absolute atomic E-state index is 9.56. The van der Waals surface area contributed by atoms with Crippen LogP contribution in [0.2, 0.25) is 0 Å². The van der Waals surface area contributed by atoms with Gasteiger partial charge >= 0.3 is 0 Å². The van der Waals surface area contributed by atoms with E-state index < -0.39 is 0 Å². The highest BCUT2D eigenvalue weighted by molar-refractivity contribution is 5.33. The van der Waals surface area contributed by atoms with E-state index in [-0.39, 0.29) is 12.0 Å². The maximum Gasteiger partial charge on any atom is 0.125 e. The van der Waals surface area contributed by atoms with Crippen LogP contribution in [-0.2, 0) is 0 Å². The Bertz CT molecular complexity index is 307. The van der Waals surface area contributed by atoms with Crippen LogP contribution in [0.3, 0.4) is 0 Å². The molecule has 0 saturated heterocycles. The molecule has 0 atom stereocenters. The van der Waals surface area contributed by atoms with Crippen LogP contribution in [0.25, 0.3) is 0 Å². The Morgan fingerprint density at radius 2 is 2.06 bits per heavy atom. The van der Waals surface area contributed by atoms with Crippen molar-refractivity contribution in [3.8, 4) is 0 Å². The van der Waals surface area contributed by atoms with Crippen LogP contribution < -0.4 is 5.32 Å². The second kappa shape index (κ2) is 5.30. The molecule has 1 aromatic rings. The van der Waals surface area contributed by atoms with Gasteiger partial charge in [0.25, 0.3) is 0 Å². The second-order valence-electron chi connectivity index (χ2n) is 4.79. The quantitative estimate of drug-likeness (QED) is 0.819. The third kappa shape index (κ3) is 2.73. The third-order valence-electron chi connectivity index (χ3n) is 3.56. The summed E-state index contributed by atoms with van der Waals surface area (Å²) < 4.78 is 0. The van der Waals surface area contributed by atoms with E-state index in [9.17, 15) is 5.11 Å². The third-order valence-corrected chi connectivity index (χ3v) is 3.56. The molecule has 3 heteroatoms. The molecule has 0 aromatic carbocycles. The highest BCUT2D eigenvalue weighted by Gasteiger charge is 2.31. The van der Waals surface area contributed by atoms with Crippen molar-refractivity contribution in [3.05, 3.63) is 24.4 Å². The summed E-state index contributed by atoms with van der Waals surface area (Å²) in [6, 6.07) is 5.85. The summed E-state index contributed by atoms with van der Waals surface area (Å²) in [7, 11) is 0. The molecule has 1 aliphatic rings. The van der Waals surface area contributed by atoms with Gasteiger partial charge in [0, 0.05) is 18.2 Å². The van der Waals surface area contributed by atoms with Crippen LogP contribution in [0.4, 0.5) is 5.82 Å². The van der Waals surface area contributed by atoms with Crippen LogP contribution in [0.5, 0.6) is 0 Å². The van der Waals surface area contributed by atoms with Crippen LogP contribution in [-0.4, -0.2) is 23.2 Å². The summed E-state index contributed by atoms with van der Waals surface area (Å²) in [6.07, 6.45) is 7.84. The van der Waals surface area contributed by atoms with Gasteiger partial charge in [-0.25, -0.2) is 4.98 Å². The molecular formula is C13H20N2O. The number of anilines is 1. The van der Waals surface area contributed by atoms with Gasteiger partial charge in [-0.15, -0.1) is 0 Å². The summed E-state index contributed by atoms with van der Waals surface area (Å²) in [5.74, 6) is 0.904. The first-order valence-corrected chi connectivity index (χ1v) is 6.10. The lowest BCUT2D eigenvalue weighted by Gasteiger charge is -2.35. The summed E-state index contributed by atoms with van der Waals surface area (Å²) >= 11 is 0. The van der Waals surface area contributed by atoms with E-state index in [1.807, 2.05) is 18.2 Å². The van der Waals surface area contributed by atoms with Crippen LogP contribution in [0.15, 0.2) is 24.4 Å². The number of nitrogens with zero attached hydrogens (tertiary/aromatic N) is 1. The average molecular weight is 220 g/mol. The molecule has 88 valence electrons. The number of nitrogens with one attached hydrogen (secondary N) is 1. The molecule has 1 saturated carbocycles. The number of rotatable bonds is 4. The number of aliphatic hydroxyl groups excluding tert-OH is 1. The van der Waals surface area contributed by atoms with Crippen molar-refractivity contribution in [2.45, 2.75) is 32.1 Å². The molecule has 2 N–H and O–H groups in total. The molecule has 0 unspecified atom stereocenters. The summed E-state index contributed by atoms with van der Waals surface area (Å²) in [4.78, 5) is 4.24. The zero-order valence-electron chi connectivity index (χ0n) is 9.65. The molecule has 1 aromatic heterocycles. The monoisotopic (exact) mass is 220 g/mol. The fourth-order valence-electron chi connectivity index (χ4n) is 2.44. The Hall–Kier alpha value is -1.09. The van der Waals surface area contributed by atoms with Gasteiger partial charge in [0.1, 0.15) is 5.82 Å². The summed E-state index contributed by atoms with van der Waals surface area (Å²) in [6.45, 7) is 1.12. The molecule has 3 nitrogen and oxygen atoms in total. The first-order chi connectivity index (χ1) is 7.85. The fourth-order valence-corrected chi connectivity index (χ4v) is 2.44. The molecule has 2 rings (SSSR count). The molecule has 1 fully saturated rings. The Balaban J connectivity index is 1.92. The van der Waals surface area contributed by atoms with Crippen LogP contribution >= 0.6 is 0 Å². The minimum atomic E-state index is 0.0791. The Labute approximate surface area is 96.9 Å². The van der Waals surface area contributed by atoms with Gasteiger partial charge in [0.05, 0.1) is 6.61 Å². The molecule has 0 aliphatic heterocycles. The smallest absolute Gasteiger partial charge is 0.125 e. The van der Waals surface area contributed by atoms with Crippen molar-refractivity contribution in [2.75, 3.05) is 18.5 Å². The first-order valence-electron chi connectivity index (χ1n) is 6.10. The first kappa shape index (κ1) is 11.4. The van der Waals surface area contributed by atoms with E-state index >= 15 is 0 Å². The second-order valence-corrected chi connectivity index (χ2v) is 4.79. The molecule has 0 bridgehead atoms. The van der Waals surface area contributed by atoms with Gasteiger partial charge in [-0.1, -0.05) is 25.3 Å². The van der Waals surface area contributed by atoms with Gasteiger partial charge in [-0.05, 0) is 25.0 Å². The zero-order valence-corrected chi connectivity index (χ0v) is 9.65. The normalized spacial score (nSPS) is 19.3. The lowest BCUT2D eigenvalue weighted by molar-refractivity contribution is 0.0943. The van der Waals surface area contributed by atoms with Gasteiger partial charge in [0.2, 0.25) is 0 Å². The Kier molecular flexibility index (Phi) is 3.78. The van der Waals surface area contributed by atoms with Crippen molar-refractivity contribution in [1.82, 2.24) is 4.98 Å². The predicted octanol–water partition coefficient (Wildman–Crippen LogP) is 2.44. The van der Waals surface area contributed by atoms with Crippen molar-refractivity contribution >= 4 is 5.82 Å². The van der Waals surface area contributed by atoms with Crippen LogP contribution in [0, 0.1) is 5.41 Å². The van der Waals surface area contributed by atoms with E-state index in [1.54, 1.807) is 6.20 Å². The van der Waals surface area contributed by atoms with E-state index in [0.717, 1.165) is 25.2 Å². The Morgan fingerprint density at radius 3 is 2.69 bits per heavy atom. The highest BCUT2D eigenvalue weighted by atomic mass is 16.3. The minimum absolute atomic E-state index is 0.0791. The summed E-state index contributed by atoms with van der Waals surface area (Å²) in [5.41, 5.74) is 0.0791. The van der Waals surface area contributed by atoms with Gasteiger partial charge in [-0.2, -0.15) is 0 Å².